The first-order valence-electron chi connectivity index (χ1n) is 7.21. The number of pyridine rings is 1. The van der Waals surface area contributed by atoms with Crippen molar-refractivity contribution >= 4 is 23.3 Å². The molecule has 21 heavy (non-hydrogen) atoms. The van der Waals surface area contributed by atoms with Crippen molar-refractivity contribution in [3.05, 3.63) is 23.4 Å². The zero-order chi connectivity index (χ0) is 14.7. The number of nitrogens with one attached hydrogen (secondary N) is 1. The highest BCUT2D eigenvalue weighted by Crippen LogP contribution is 2.16. The number of halogens is 1. The molecule has 2 saturated heterocycles. The van der Waals surface area contributed by atoms with E-state index in [0.717, 1.165) is 25.5 Å². The predicted molar refractivity (Wildman–Crippen MR) is 80.6 cm³/mol. The molecule has 0 radical (unpaired) electrons. The van der Waals surface area contributed by atoms with Crippen molar-refractivity contribution in [1.82, 2.24) is 15.2 Å². The van der Waals surface area contributed by atoms with Gasteiger partial charge in [-0.1, -0.05) is 11.6 Å². The third kappa shape index (κ3) is 3.45. The van der Waals surface area contributed by atoms with E-state index in [1.807, 2.05) is 17.0 Å². The number of anilines is 1. The summed E-state index contributed by atoms with van der Waals surface area (Å²) < 4.78 is 5.52. The summed E-state index contributed by atoms with van der Waals surface area (Å²) in [6.45, 7) is 4.98. The number of hydrogen-bond donors (Lipinski definition) is 1. The zero-order valence-corrected chi connectivity index (χ0v) is 12.6. The van der Waals surface area contributed by atoms with Gasteiger partial charge in [0.25, 0.3) is 5.91 Å². The van der Waals surface area contributed by atoms with Gasteiger partial charge in [0.05, 0.1) is 11.6 Å². The van der Waals surface area contributed by atoms with Crippen LogP contribution >= 0.6 is 11.6 Å². The molecule has 0 aromatic carbocycles. The minimum atomic E-state index is -0.334. The summed E-state index contributed by atoms with van der Waals surface area (Å²) in [7, 11) is 0. The number of ether oxygens (including phenoxy) is 1. The van der Waals surface area contributed by atoms with Crippen molar-refractivity contribution in [2.75, 3.05) is 50.8 Å². The van der Waals surface area contributed by atoms with Crippen LogP contribution in [0.1, 0.15) is 0 Å². The molecule has 114 valence electrons. The Balaban J connectivity index is 1.54. The molecule has 2 fully saturated rings. The summed E-state index contributed by atoms with van der Waals surface area (Å²) in [5.74, 6) is 0.994. The lowest BCUT2D eigenvalue weighted by Gasteiger charge is -2.37. The molecule has 3 heterocycles. The number of carbonyl (C=O) groups is 1. The van der Waals surface area contributed by atoms with Gasteiger partial charge in [0.2, 0.25) is 0 Å². The third-order valence-electron chi connectivity index (χ3n) is 3.83. The van der Waals surface area contributed by atoms with Gasteiger partial charge >= 0.3 is 0 Å². The van der Waals surface area contributed by atoms with Crippen molar-refractivity contribution in [2.24, 2.45) is 0 Å². The molecule has 2 aliphatic rings. The Morgan fingerprint density at radius 2 is 2.14 bits per heavy atom. The van der Waals surface area contributed by atoms with Gasteiger partial charge in [-0.2, -0.15) is 0 Å². The second kappa shape index (κ2) is 6.60. The van der Waals surface area contributed by atoms with Gasteiger partial charge in [-0.25, -0.2) is 4.98 Å². The molecule has 0 saturated carbocycles. The molecule has 1 atom stereocenters. The summed E-state index contributed by atoms with van der Waals surface area (Å²) in [5.41, 5.74) is 0. The SMILES string of the molecule is O=C(C1CNCCO1)N1CCN(c2ccc(Cl)cn2)CC1. The lowest BCUT2D eigenvalue weighted by molar-refractivity contribution is -0.145. The van der Waals surface area contributed by atoms with Crippen LogP contribution in [0.2, 0.25) is 5.02 Å². The maximum atomic E-state index is 12.4. The van der Waals surface area contributed by atoms with E-state index in [4.69, 9.17) is 16.3 Å². The van der Waals surface area contributed by atoms with Gasteiger partial charge in [0, 0.05) is 45.5 Å². The fraction of sp³-hybridized carbons (Fsp3) is 0.571. The number of piperazine rings is 1. The topological polar surface area (TPSA) is 57.7 Å². The van der Waals surface area contributed by atoms with Crippen LogP contribution in [0.4, 0.5) is 5.82 Å². The lowest BCUT2D eigenvalue weighted by atomic mass is 10.2. The van der Waals surface area contributed by atoms with E-state index in [9.17, 15) is 4.79 Å². The molecule has 0 spiro atoms. The summed E-state index contributed by atoms with van der Waals surface area (Å²) in [6.07, 6.45) is 1.31. The first-order valence-corrected chi connectivity index (χ1v) is 7.59. The largest absolute Gasteiger partial charge is 0.366 e. The highest BCUT2D eigenvalue weighted by atomic mass is 35.5. The van der Waals surface area contributed by atoms with Gasteiger partial charge in [0.15, 0.2) is 0 Å². The minimum Gasteiger partial charge on any atom is -0.366 e. The molecule has 0 aliphatic carbocycles. The molecule has 1 amide bonds. The monoisotopic (exact) mass is 310 g/mol. The van der Waals surface area contributed by atoms with E-state index < -0.39 is 0 Å². The van der Waals surface area contributed by atoms with E-state index in [0.29, 0.717) is 31.3 Å². The molecule has 1 unspecified atom stereocenters. The average Bonchev–Trinajstić information content (AvgIpc) is 2.56. The molecule has 0 bridgehead atoms. The molecule has 6 nitrogen and oxygen atoms in total. The number of nitrogens with zero attached hydrogens (tertiary/aromatic N) is 3. The van der Waals surface area contributed by atoms with E-state index >= 15 is 0 Å². The summed E-state index contributed by atoms with van der Waals surface area (Å²) >= 11 is 5.85. The molecular weight excluding hydrogens is 292 g/mol. The van der Waals surface area contributed by atoms with Crippen LogP contribution < -0.4 is 10.2 Å². The Kier molecular flexibility index (Phi) is 4.57. The predicted octanol–water partition coefficient (Wildman–Crippen LogP) is 0.372. The summed E-state index contributed by atoms with van der Waals surface area (Å²) in [5, 5.41) is 3.82. The van der Waals surface area contributed by atoms with Crippen molar-refractivity contribution in [3.8, 4) is 0 Å². The van der Waals surface area contributed by atoms with Crippen LogP contribution in [0.3, 0.4) is 0 Å². The van der Waals surface area contributed by atoms with Crippen LogP contribution in [0, 0.1) is 0 Å². The Labute approximate surface area is 129 Å². The van der Waals surface area contributed by atoms with Crippen molar-refractivity contribution in [2.45, 2.75) is 6.10 Å². The summed E-state index contributed by atoms with van der Waals surface area (Å²) in [6, 6.07) is 3.75. The smallest absolute Gasteiger partial charge is 0.253 e. The quantitative estimate of drug-likeness (QED) is 0.855. The van der Waals surface area contributed by atoms with Crippen LogP contribution in [0.5, 0.6) is 0 Å². The standard InChI is InChI=1S/C14H19ClN4O2/c15-11-1-2-13(17-9-11)18-4-6-19(7-5-18)14(20)12-10-16-3-8-21-12/h1-2,9,12,16H,3-8,10H2. The molecular formula is C14H19ClN4O2. The maximum absolute atomic E-state index is 12.4. The van der Waals surface area contributed by atoms with E-state index in [1.165, 1.54) is 0 Å². The molecule has 1 N–H and O–H groups in total. The highest BCUT2D eigenvalue weighted by Gasteiger charge is 2.29. The fourth-order valence-corrected chi connectivity index (χ4v) is 2.75. The first-order chi connectivity index (χ1) is 10.2. The van der Waals surface area contributed by atoms with E-state index in [1.54, 1.807) is 6.20 Å². The number of hydrogen-bond acceptors (Lipinski definition) is 5. The highest BCUT2D eigenvalue weighted by molar-refractivity contribution is 6.30. The summed E-state index contributed by atoms with van der Waals surface area (Å²) in [4.78, 5) is 20.7. The lowest BCUT2D eigenvalue weighted by Crippen LogP contribution is -2.55. The molecule has 3 rings (SSSR count). The van der Waals surface area contributed by atoms with Crippen LogP contribution in [0.15, 0.2) is 18.3 Å². The third-order valence-corrected chi connectivity index (χ3v) is 4.05. The first kappa shape index (κ1) is 14.6. The number of aromatic nitrogens is 1. The minimum absolute atomic E-state index is 0.0888. The number of rotatable bonds is 2. The average molecular weight is 311 g/mol. The molecule has 1 aromatic heterocycles. The Bertz CT molecular complexity index is 482. The Hall–Kier alpha value is -1.37. The second-order valence-corrected chi connectivity index (χ2v) is 5.65. The van der Waals surface area contributed by atoms with Crippen LogP contribution in [-0.4, -0.2) is 67.8 Å². The van der Waals surface area contributed by atoms with Gasteiger partial charge < -0.3 is 19.9 Å². The van der Waals surface area contributed by atoms with Gasteiger partial charge in [-0.15, -0.1) is 0 Å². The number of carbonyl (C=O) groups excluding carboxylic acids is 1. The molecule has 7 heteroatoms. The van der Waals surface area contributed by atoms with Gasteiger partial charge in [0.1, 0.15) is 11.9 Å². The second-order valence-electron chi connectivity index (χ2n) is 5.21. The Morgan fingerprint density at radius 3 is 2.76 bits per heavy atom. The van der Waals surface area contributed by atoms with Crippen LogP contribution in [-0.2, 0) is 9.53 Å². The van der Waals surface area contributed by atoms with Crippen molar-refractivity contribution in [3.63, 3.8) is 0 Å². The normalized spacial score (nSPS) is 23.2. The van der Waals surface area contributed by atoms with Crippen LogP contribution in [0.25, 0.3) is 0 Å². The van der Waals surface area contributed by atoms with Gasteiger partial charge in [-0.05, 0) is 12.1 Å². The maximum Gasteiger partial charge on any atom is 0.253 e. The fourth-order valence-electron chi connectivity index (χ4n) is 2.64. The molecule has 2 aliphatic heterocycles. The number of amides is 1. The zero-order valence-electron chi connectivity index (χ0n) is 11.8. The van der Waals surface area contributed by atoms with Gasteiger partial charge in [-0.3, -0.25) is 4.79 Å². The molecule has 1 aromatic rings. The van der Waals surface area contributed by atoms with Crippen molar-refractivity contribution in [1.29, 1.82) is 0 Å². The number of morpholine rings is 1. The van der Waals surface area contributed by atoms with E-state index in [-0.39, 0.29) is 12.0 Å². The van der Waals surface area contributed by atoms with Crippen molar-refractivity contribution < 1.29 is 9.53 Å². The Morgan fingerprint density at radius 1 is 1.33 bits per heavy atom. The van der Waals surface area contributed by atoms with E-state index in [2.05, 4.69) is 15.2 Å².